The number of nitrogens with one attached hydrogen (secondary N) is 2. The van der Waals surface area contributed by atoms with Crippen LogP contribution >= 0.6 is 23.6 Å². The molecule has 0 amide bonds. The van der Waals surface area contributed by atoms with Crippen molar-refractivity contribution in [1.82, 2.24) is 5.32 Å². The molecule has 1 aromatic rings. The molecule has 0 radical (unpaired) electrons. The number of thiocarbonyl (C=S) groups is 1. The lowest BCUT2D eigenvalue weighted by atomic mass is 10.0. The van der Waals surface area contributed by atoms with Gasteiger partial charge >= 0.3 is 0 Å². The average Bonchev–Trinajstić information content (AvgIpc) is 2.64. The van der Waals surface area contributed by atoms with Gasteiger partial charge in [-0.3, -0.25) is 0 Å². The third-order valence-corrected chi connectivity index (χ3v) is 3.34. The Morgan fingerprint density at radius 1 is 1.62 bits per heavy atom. The molecule has 0 aromatic carbocycles. The number of nitriles is 1. The fourth-order valence-electron chi connectivity index (χ4n) is 1.02. The van der Waals surface area contributed by atoms with E-state index < -0.39 is 0 Å². The molecule has 0 aliphatic carbocycles. The Morgan fingerprint density at radius 3 is 2.81 bits per heavy atom. The van der Waals surface area contributed by atoms with Crippen LogP contribution in [-0.4, -0.2) is 10.7 Å². The third kappa shape index (κ3) is 3.80. The minimum atomic E-state index is -0.0157. The van der Waals surface area contributed by atoms with Gasteiger partial charge in [0, 0.05) is 10.9 Å². The minimum Gasteiger partial charge on any atom is -0.358 e. The van der Waals surface area contributed by atoms with E-state index >= 15 is 0 Å². The van der Waals surface area contributed by atoms with Crippen molar-refractivity contribution >= 4 is 34.4 Å². The zero-order chi connectivity index (χ0) is 12.2. The largest absolute Gasteiger partial charge is 0.358 e. The molecular formula is C11H15N3S2. The Labute approximate surface area is 105 Å². The van der Waals surface area contributed by atoms with E-state index in [1.807, 2.05) is 5.38 Å². The van der Waals surface area contributed by atoms with E-state index in [1.165, 1.54) is 11.3 Å². The summed E-state index contributed by atoms with van der Waals surface area (Å²) in [4.78, 5) is 0.681. The summed E-state index contributed by atoms with van der Waals surface area (Å²) >= 11 is 6.60. The van der Waals surface area contributed by atoms with Crippen molar-refractivity contribution in [2.45, 2.75) is 32.7 Å². The summed E-state index contributed by atoms with van der Waals surface area (Å²) in [5.74, 6) is 0. The number of anilines is 1. The van der Waals surface area contributed by atoms with Crippen molar-refractivity contribution in [1.29, 1.82) is 5.26 Å². The van der Waals surface area contributed by atoms with Crippen LogP contribution in [0.2, 0.25) is 0 Å². The van der Waals surface area contributed by atoms with Gasteiger partial charge in [0.1, 0.15) is 10.9 Å². The van der Waals surface area contributed by atoms with Crippen molar-refractivity contribution < 1.29 is 0 Å². The molecule has 0 saturated carbocycles. The Balaban J connectivity index is 2.56. The average molecular weight is 253 g/mol. The normalized spacial score (nSPS) is 10.6. The molecule has 0 aliphatic rings. The van der Waals surface area contributed by atoms with Gasteiger partial charge in [-0.15, -0.1) is 11.3 Å². The quantitative estimate of drug-likeness (QED) is 0.813. The molecule has 1 rings (SSSR count). The standard InChI is InChI=1S/C11H15N3S2/c1-4-11(2,3)14-10(15)13-8-5-9(6-12)16-7-8/h5,7H,4H2,1-3H3,(H2,13,14,15). The molecule has 0 unspecified atom stereocenters. The van der Waals surface area contributed by atoms with Crippen LogP contribution in [0.3, 0.4) is 0 Å². The Kier molecular flexibility index (Phi) is 4.27. The smallest absolute Gasteiger partial charge is 0.171 e. The second-order valence-corrected chi connectivity index (χ2v) is 5.45. The van der Waals surface area contributed by atoms with Crippen molar-refractivity contribution in [2.24, 2.45) is 0 Å². The number of rotatable bonds is 3. The van der Waals surface area contributed by atoms with Crippen molar-refractivity contribution in [3.63, 3.8) is 0 Å². The number of hydrogen-bond donors (Lipinski definition) is 2. The molecule has 5 heteroatoms. The molecule has 0 aliphatic heterocycles. The zero-order valence-electron chi connectivity index (χ0n) is 9.63. The molecule has 0 fully saturated rings. The number of nitrogens with zero attached hydrogens (tertiary/aromatic N) is 1. The Morgan fingerprint density at radius 2 is 2.31 bits per heavy atom. The fraction of sp³-hybridized carbons (Fsp3) is 0.455. The maximum absolute atomic E-state index is 8.69. The second-order valence-electron chi connectivity index (χ2n) is 4.13. The lowest BCUT2D eigenvalue weighted by Crippen LogP contribution is -2.44. The molecule has 1 heterocycles. The summed E-state index contributed by atoms with van der Waals surface area (Å²) in [6.45, 7) is 6.29. The predicted octanol–water partition coefficient (Wildman–Crippen LogP) is 3.09. The Hall–Kier alpha value is -1.12. The SMILES string of the molecule is CCC(C)(C)NC(=S)Nc1csc(C#N)c1. The molecule has 2 N–H and O–H groups in total. The molecule has 86 valence electrons. The lowest BCUT2D eigenvalue weighted by Gasteiger charge is -2.26. The highest BCUT2D eigenvalue weighted by Crippen LogP contribution is 2.18. The molecule has 1 aromatic heterocycles. The highest BCUT2D eigenvalue weighted by Gasteiger charge is 2.15. The van der Waals surface area contributed by atoms with E-state index in [0.29, 0.717) is 9.99 Å². The van der Waals surface area contributed by atoms with Crippen molar-refractivity contribution in [3.05, 3.63) is 16.3 Å². The van der Waals surface area contributed by atoms with Crippen LogP contribution < -0.4 is 10.6 Å². The first-order valence-electron chi connectivity index (χ1n) is 5.04. The van der Waals surface area contributed by atoms with Crippen molar-refractivity contribution in [2.75, 3.05) is 5.32 Å². The zero-order valence-corrected chi connectivity index (χ0v) is 11.3. The van der Waals surface area contributed by atoms with Crippen LogP contribution in [0.1, 0.15) is 32.1 Å². The van der Waals surface area contributed by atoms with E-state index in [0.717, 1.165) is 12.1 Å². The van der Waals surface area contributed by atoms with Gasteiger partial charge in [0.2, 0.25) is 0 Å². The van der Waals surface area contributed by atoms with Crippen LogP contribution in [0.25, 0.3) is 0 Å². The molecule has 16 heavy (non-hydrogen) atoms. The molecule has 0 saturated heterocycles. The van der Waals surface area contributed by atoms with Gasteiger partial charge in [-0.25, -0.2) is 0 Å². The Bertz CT molecular complexity index is 415. The fourth-order valence-corrected chi connectivity index (χ4v) is 2.04. The summed E-state index contributed by atoms with van der Waals surface area (Å²) in [6.07, 6.45) is 0.988. The van der Waals surface area contributed by atoms with Crippen LogP contribution in [0, 0.1) is 11.3 Å². The summed E-state index contributed by atoms with van der Waals surface area (Å²) in [5.41, 5.74) is 0.851. The van der Waals surface area contributed by atoms with Gasteiger partial charge < -0.3 is 10.6 Å². The topological polar surface area (TPSA) is 47.8 Å². The summed E-state index contributed by atoms with van der Waals surface area (Å²) in [5, 5.41) is 17.5. The lowest BCUT2D eigenvalue weighted by molar-refractivity contribution is 0.448. The number of hydrogen-bond acceptors (Lipinski definition) is 3. The predicted molar refractivity (Wildman–Crippen MR) is 72.8 cm³/mol. The maximum Gasteiger partial charge on any atom is 0.171 e. The van der Waals surface area contributed by atoms with Crippen molar-refractivity contribution in [3.8, 4) is 6.07 Å². The molecule has 3 nitrogen and oxygen atoms in total. The monoisotopic (exact) mass is 253 g/mol. The molecule has 0 bridgehead atoms. The summed E-state index contributed by atoms with van der Waals surface area (Å²) in [6, 6.07) is 3.88. The van der Waals surface area contributed by atoms with Crippen LogP contribution in [0.5, 0.6) is 0 Å². The first-order valence-corrected chi connectivity index (χ1v) is 6.33. The molecule has 0 atom stereocenters. The first kappa shape index (κ1) is 12.9. The van der Waals surface area contributed by atoms with Crippen LogP contribution in [-0.2, 0) is 0 Å². The van der Waals surface area contributed by atoms with Gasteiger partial charge in [0.25, 0.3) is 0 Å². The van der Waals surface area contributed by atoms with E-state index in [1.54, 1.807) is 6.07 Å². The minimum absolute atomic E-state index is 0.0157. The second kappa shape index (κ2) is 5.28. The highest BCUT2D eigenvalue weighted by atomic mass is 32.1. The van der Waals surface area contributed by atoms with Crippen LogP contribution in [0.15, 0.2) is 11.4 Å². The van der Waals surface area contributed by atoms with Gasteiger partial charge in [-0.05, 0) is 38.6 Å². The van der Waals surface area contributed by atoms with Gasteiger partial charge in [0.05, 0.1) is 5.69 Å². The number of thiophene rings is 1. The maximum atomic E-state index is 8.69. The van der Waals surface area contributed by atoms with Gasteiger partial charge in [-0.2, -0.15) is 5.26 Å². The van der Waals surface area contributed by atoms with Gasteiger partial charge in [0.15, 0.2) is 5.11 Å². The highest BCUT2D eigenvalue weighted by molar-refractivity contribution is 7.80. The van der Waals surface area contributed by atoms with E-state index in [2.05, 4.69) is 37.5 Å². The summed E-state index contributed by atoms with van der Waals surface area (Å²) in [7, 11) is 0. The summed E-state index contributed by atoms with van der Waals surface area (Å²) < 4.78 is 0. The van der Waals surface area contributed by atoms with Crippen LogP contribution in [0.4, 0.5) is 5.69 Å². The third-order valence-electron chi connectivity index (χ3n) is 2.30. The van der Waals surface area contributed by atoms with Gasteiger partial charge in [-0.1, -0.05) is 6.92 Å². The van der Waals surface area contributed by atoms with E-state index in [4.69, 9.17) is 17.5 Å². The van der Waals surface area contributed by atoms with E-state index in [-0.39, 0.29) is 5.54 Å². The molecule has 0 spiro atoms. The first-order chi connectivity index (χ1) is 7.46. The molecular weight excluding hydrogens is 238 g/mol. The van der Waals surface area contributed by atoms with E-state index in [9.17, 15) is 0 Å².